The van der Waals surface area contributed by atoms with Crippen LogP contribution in [0.15, 0.2) is 47.4 Å². The van der Waals surface area contributed by atoms with Gasteiger partial charge >= 0.3 is 5.97 Å². The molecule has 0 unspecified atom stereocenters. The molecule has 0 bridgehead atoms. The van der Waals surface area contributed by atoms with Crippen molar-refractivity contribution in [2.75, 3.05) is 14.1 Å². The van der Waals surface area contributed by atoms with Gasteiger partial charge in [0.1, 0.15) is 0 Å². The first-order chi connectivity index (χ1) is 10.2. The van der Waals surface area contributed by atoms with Gasteiger partial charge in [0.05, 0.1) is 15.5 Å². The lowest BCUT2D eigenvalue weighted by molar-refractivity contribution is 0.0697. The molecule has 0 radical (unpaired) electrons. The molecule has 7 heteroatoms. The molecule has 0 amide bonds. The summed E-state index contributed by atoms with van der Waals surface area (Å²) in [5.41, 5.74) is 1.29. The molecule has 5 nitrogen and oxygen atoms in total. The Labute approximate surface area is 133 Å². The van der Waals surface area contributed by atoms with E-state index in [-0.39, 0.29) is 15.5 Å². The average Bonchev–Trinajstić information content (AvgIpc) is 2.46. The molecule has 0 atom stereocenters. The summed E-state index contributed by atoms with van der Waals surface area (Å²) in [5, 5.41) is 9.07. The molecule has 2 aromatic rings. The number of sulfonamides is 1. The van der Waals surface area contributed by atoms with E-state index < -0.39 is 16.0 Å². The molecule has 22 heavy (non-hydrogen) atoms. The summed E-state index contributed by atoms with van der Waals surface area (Å²) in [5.74, 6) is -1.11. The maximum Gasteiger partial charge on any atom is 0.337 e. The van der Waals surface area contributed by atoms with Crippen molar-refractivity contribution in [3.8, 4) is 11.1 Å². The zero-order valence-electron chi connectivity index (χ0n) is 11.9. The molecule has 0 saturated carbocycles. The van der Waals surface area contributed by atoms with E-state index >= 15 is 0 Å². The Balaban J connectivity index is 2.51. The van der Waals surface area contributed by atoms with Gasteiger partial charge in [0.25, 0.3) is 0 Å². The van der Waals surface area contributed by atoms with Crippen molar-refractivity contribution in [3.05, 3.63) is 53.1 Å². The first-order valence-corrected chi connectivity index (χ1v) is 8.11. The second-order valence-electron chi connectivity index (χ2n) is 4.82. The molecule has 0 heterocycles. The Kier molecular flexibility index (Phi) is 4.55. The summed E-state index contributed by atoms with van der Waals surface area (Å²) in [6, 6.07) is 10.9. The quantitative estimate of drug-likeness (QED) is 0.929. The third kappa shape index (κ3) is 3.14. The van der Waals surface area contributed by atoms with Gasteiger partial charge in [-0.3, -0.25) is 0 Å². The second-order valence-corrected chi connectivity index (χ2v) is 7.37. The highest BCUT2D eigenvalue weighted by Gasteiger charge is 2.18. The number of halogens is 1. The van der Waals surface area contributed by atoms with Crippen LogP contribution in [0.2, 0.25) is 5.02 Å². The molecule has 0 aliphatic heterocycles. The van der Waals surface area contributed by atoms with Gasteiger partial charge < -0.3 is 5.11 Å². The SMILES string of the molecule is CN(C)S(=O)(=O)c1cccc(-c2ccc(C(=O)O)c(Cl)c2)c1. The van der Waals surface area contributed by atoms with Crippen LogP contribution in [0.4, 0.5) is 0 Å². The van der Waals surface area contributed by atoms with Gasteiger partial charge in [-0.1, -0.05) is 29.8 Å². The maximum absolute atomic E-state index is 12.1. The Morgan fingerprint density at radius 1 is 1.09 bits per heavy atom. The van der Waals surface area contributed by atoms with Gasteiger partial charge in [0, 0.05) is 14.1 Å². The van der Waals surface area contributed by atoms with Crippen molar-refractivity contribution in [2.24, 2.45) is 0 Å². The number of carboxylic acid groups (broad SMARTS) is 1. The van der Waals surface area contributed by atoms with E-state index in [1.165, 1.54) is 38.4 Å². The molecular formula is C15H14ClNO4S. The molecule has 0 aliphatic rings. The normalized spacial score (nSPS) is 11.6. The number of carboxylic acids is 1. The van der Waals surface area contributed by atoms with Crippen molar-refractivity contribution in [2.45, 2.75) is 4.90 Å². The van der Waals surface area contributed by atoms with Crippen molar-refractivity contribution >= 4 is 27.6 Å². The van der Waals surface area contributed by atoms with E-state index in [1.54, 1.807) is 18.2 Å². The van der Waals surface area contributed by atoms with Crippen LogP contribution in [0.1, 0.15) is 10.4 Å². The van der Waals surface area contributed by atoms with E-state index in [1.807, 2.05) is 0 Å². The van der Waals surface area contributed by atoms with Gasteiger partial charge in [-0.15, -0.1) is 0 Å². The van der Waals surface area contributed by atoms with E-state index in [4.69, 9.17) is 16.7 Å². The third-order valence-corrected chi connectivity index (χ3v) is 5.27. The van der Waals surface area contributed by atoms with Crippen molar-refractivity contribution in [1.29, 1.82) is 0 Å². The van der Waals surface area contributed by atoms with Crippen LogP contribution < -0.4 is 0 Å². The lowest BCUT2D eigenvalue weighted by atomic mass is 10.0. The number of rotatable bonds is 4. The highest BCUT2D eigenvalue weighted by Crippen LogP contribution is 2.27. The highest BCUT2D eigenvalue weighted by molar-refractivity contribution is 7.89. The Morgan fingerprint density at radius 3 is 2.27 bits per heavy atom. The van der Waals surface area contributed by atoms with Crippen LogP contribution in [-0.4, -0.2) is 37.9 Å². The number of benzene rings is 2. The first-order valence-electron chi connectivity index (χ1n) is 6.29. The second kappa shape index (κ2) is 6.08. The molecule has 1 N–H and O–H groups in total. The zero-order chi connectivity index (χ0) is 16.5. The minimum atomic E-state index is -3.53. The fraction of sp³-hybridized carbons (Fsp3) is 0.133. The predicted molar refractivity (Wildman–Crippen MR) is 84.7 cm³/mol. The van der Waals surface area contributed by atoms with Gasteiger partial charge in [-0.25, -0.2) is 17.5 Å². The Bertz CT molecular complexity index is 831. The molecule has 2 aromatic carbocycles. The molecule has 0 aromatic heterocycles. The van der Waals surface area contributed by atoms with Gasteiger partial charge in [0.15, 0.2) is 0 Å². The fourth-order valence-electron chi connectivity index (χ4n) is 1.92. The molecular weight excluding hydrogens is 326 g/mol. The average molecular weight is 340 g/mol. The first kappa shape index (κ1) is 16.5. The van der Waals surface area contributed by atoms with Gasteiger partial charge in [0.2, 0.25) is 10.0 Å². The molecule has 116 valence electrons. The lowest BCUT2D eigenvalue weighted by Crippen LogP contribution is -2.22. The van der Waals surface area contributed by atoms with Crippen molar-refractivity contribution in [3.63, 3.8) is 0 Å². The van der Waals surface area contributed by atoms with Crippen LogP contribution in [0.5, 0.6) is 0 Å². The van der Waals surface area contributed by atoms with Crippen LogP contribution in [-0.2, 0) is 10.0 Å². The number of nitrogens with zero attached hydrogens (tertiary/aromatic N) is 1. The van der Waals surface area contributed by atoms with Crippen molar-refractivity contribution < 1.29 is 18.3 Å². The molecule has 2 rings (SSSR count). The van der Waals surface area contributed by atoms with E-state index in [9.17, 15) is 13.2 Å². The zero-order valence-corrected chi connectivity index (χ0v) is 13.5. The minimum absolute atomic E-state index is 0.00230. The summed E-state index contributed by atoms with van der Waals surface area (Å²) >= 11 is 5.95. The number of hydrogen-bond donors (Lipinski definition) is 1. The van der Waals surface area contributed by atoms with E-state index in [0.29, 0.717) is 11.1 Å². The van der Waals surface area contributed by atoms with Gasteiger partial charge in [-0.2, -0.15) is 0 Å². The van der Waals surface area contributed by atoms with Crippen LogP contribution in [0, 0.1) is 0 Å². The van der Waals surface area contributed by atoms with E-state index in [0.717, 1.165) is 4.31 Å². The number of carbonyl (C=O) groups is 1. The van der Waals surface area contributed by atoms with Crippen LogP contribution in [0.25, 0.3) is 11.1 Å². The molecule has 0 spiro atoms. The predicted octanol–water partition coefficient (Wildman–Crippen LogP) is 2.96. The summed E-state index contributed by atoms with van der Waals surface area (Å²) < 4.78 is 25.4. The molecule has 0 aliphatic carbocycles. The lowest BCUT2D eigenvalue weighted by Gasteiger charge is -2.12. The fourth-order valence-corrected chi connectivity index (χ4v) is 3.12. The van der Waals surface area contributed by atoms with Crippen LogP contribution in [0.3, 0.4) is 0 Å². The summed E-state index contributed by atoms with van der Waals surface area (Å²) in [6.45, 7) is 0. The minimum Gasteiger partial charge on any atom is -0.478 e. The highest BCUT2D eigenvalue weighted by atomic mass is 35.5. The summed E-state index contributed by atoms with van der Waals surface area (Å²) in [4.78, 5) is 11.1. The topological polar surface area (TPSA) is 74.7 Å². The smallest absolute Gasteiger partial charge is 0.337 e. The van der Waals surface area contributed by atoms with Crippen LogP contribution >= 0.6 is 11.6 Å². The number of aromatic carboxylic acids is 1. The summed E-state index contributed by atoms with van der Waals surface area (Å²) in [7, 11) is -0.615. The third-order valence-electron chi connectivity index (χ3n) is 3.15. The molecule has 0 saturated heterocycles. The maximum atomic E-state index is 12.1. The van der Waals surface area contributed by atoms with E-state index in [2.05, 4.69) is 0 Å². The standard InChI is InChI=1S/C15H14ClNO4S/c1-17(2)22(20,21)12-5-3-4-10(8-12)11-6-7-13(15(18)19)14(16)9-11/h3-9H,1-2H3,(H,18,19). The van der Waals surface area contributed by atoms with Gasteiger partial charge in [-0.05, 0) is 35.4 Å². The molecule has 0 fully saturated rings. The summed E-state index contributed by atoms with van der Waals surface area (Å²) in [6.07, 6.45) is 0. The monoisotopic (exact) mass is 339 g/mol. The van der Waals surface area contributed by atoms with Crippen molar-refractivity contribution in [1.82, 2.24) is 4.31 Å². The largest absolute Gasteiger partial charge is 0.478 e. The number of hydrogen-bond acceptors (Lipinski definition) is 3. The Hall–Kier alpha value is -1.89. The Morgan fingerprint density at radius 2 is 1.73 bits per heavy atom.